The van der Waals surface area contributed by atoms with Crippen LogP contribution in [0.4, 0.5) is 8.78 Å². The van der Waals surface area contributed by atoms with Gasteiger partial charge in [0.1, 0.15) is 11.8 Å². The Labute approximate surface area is 107 Å². The van der Waals surface area contributed by atoms with Crippen molar-refractivity contribution in [2.75, 3.05) is 6.61 Å². The van der Waals surface area contributed by atoms with Gasteiger partial charge in [0.2, 0.25) is 0 Å². The van der Waals surface area contributed by atoms with Crippen LogP contribution in [0, 0.1) is 11.3 Å². The predicted octanol–water partition coefficient (Wildman–Crippen LogP) is 2.81. The molecule has 0 spiro atoms. The summed E-state index contributed by atoms with van der Waals surface area (Å²) in [4.78, 5) is 15.1. The Morgan fingerprint density at radius 3 is 2.78 bits per heavy atom. The lowest BCUT2D eigenvalue weighted by atomic mass is 10.1. The molecule has 0 aliphatic heterocycles. The standard InChI is InChI=1S/C11H9ClF2N2O2/c1-2-18-11(17)9-8(10(13)14)6(4-12)3-7(5-15)16-9/h3,10H,2,4H2,1H3. The molecule has 0 fully saturated rings. The number of rotatable bonds is 4. The van der Waals surface area contributed by atoms with Crippen molar-refractivity contribution in [3.05, 3.63) is 28.6 Å². The lowest BCUT2D eigenvalue weighted by Crippen LogP contribution is -2.14. The Hall–Kier alpha value is -1.74. The predicted molar refractivity (Wildman–Crippen MR) is 59.4 cm³/mol. The van der Waals surface area contributed by atoms with Crippen molar-refractivity contribution in [1.29, 1.82) is 5.26 Å². The first kappa shape index (κ1) is 14.3. The highest BCUT2D eigenvalue weighted by Crippen LogP contribution is 2.28. The van der Waals surface area contributed by atoms with Crippen molar-refractivity contribution in [3.8, 4) is 6.07 Å². The van der Waals surface area contributed by atoms with Gasteiger partial charge in [-0.05, 0) is 18.6 Å². The number of pyridine rings is 1. The highest BCUT2D eigenvalue weighted by atomic mass is 35.5. The second-order valence-corrected chi connectivity index (χ2v) is 3.46. The number of ether oxygens (including phenoxy) is 1. The topological polar surface area (TPSA) is 63.0 Å². The van der Waals surface area contributed by atoms with Crippen molar-refractivity contribution in [3.63, 3.8) is 0 Å². The molecule has 0 aliphatic carbocycles. The number of hydrogen-bond acceptors (Lipinski definition) is 4. The zero-order valence-electron chi connectivity index (χ0n) is 9.41. The Morgan fingerprint density at radius 2 is 2.33 bits per heavy atom. The van der Waals surface area contributed by atoms with Gasteiger partial charge in [0, 0.05) is 5.88 Å². The van der Waals surface area contributed by atoms with Gasteiger partial charge in [0.15, 0.2) is 5.69 Å². The lowest BCUT2D eigenvalue weighted by Gasteiger charge is -2.11. The average molecular weight is 275 g/mol. The second kappa shape index (κ2) is 6.26. The van der Waals surface area contributed by atoms with Crippen LogP contribution in [0.5, 0.6) is 0 Å². The number of alkyl halides is 3. The smallest absolute Gasteiger partial charge is 0.357 e. The molecule has 0 saturated carbocycles. The monoisotopic (exact) mass is 274 g/mol. The molecule has 0 unspecified atom stereocenters. The van der Waals surface area contributed by atoms with E-state index in [0.717, 1.165) is 6.07 Å². The van der Waals surface area contributed by atoms with Crippen LogP contribution in [0.15, 0.2) is 6.07 Å². The number of carbonyl (C=O) groups is 1. The van der Waals surface area contributed by atoms with Crippen molar-refractivity contribution in [1.82, 2.24) is 4.98 Å². The Kier molecular flexibility index (Phi) is 4.98. The van der Waals surface area contributed by atoms with Gasteiger partial charge in [-0.1, -0.05) is 0 Å². The molecule has 1 heterocycles. The van der Waals surface area contributed by atoms with Gasteiger partial charge >= 0.3 is 5.97 Å². The fourth-order valence-electron chi connectivity index (χ4n) is 1.37. The first-order valence-corrected chi connectivity index (χ1v) is 5.53. The summed E-state index contributed by atoms with van der Waals surface area (Å²) in [5.74, 6) is -1.24. The largest absolute Gasteiger partial charge is 0.461 e. The summed E-state index contributed by atoms with van der Waals surface area (Å²) in [5.41, 5.74) is -1.29. The molecule has 1 rings (SSSR count). The van der Waals surface area contributed by atoms with Gasteiger partial charge in [-0.15, -0.1) is 11.6 Å². The molecule has 0 amide bonds. The van der Waals surface area contributed by atoms with Crippen LogP contribution in [0.1, 0.15) is 40.7 Å². The van der Waals surface area contributed by atoms with E-state index in [0.29, 0.717) is 0 Å². The van der Waals surface area contributed by atoms with Gasteiger partial charge in [-0.25, -0.2) is 18.6 Å². The quantitative estimate of drug-likeness (QED) is 0.625. The van der Waals surface area contributed by atoms with E-state index in [1.807, 2.05) is 0 Å². The number of hydrogen-bond donors (Lipinski definition) is 0. The molecule has 0 saturated heterocycles. The average Bonchev–Trinajstić information content (AvgIpc) is 2.36. The molecule has 0 aliphatic rings. The molecular formula is C11H9ClF2N2O2. The lowest BCUT2D eigenvalue weighted by molar-refractivity contribution is 0.0507. The van der Waals surface area contributed by atoms with Crippen molar-refractivity contribution >= 4 is 17.6 Å². The minimum Gasteiger partial charge on any atom is -0.461 e. The summed E-state index contributed by atoms with van der Waals surface area (Å²) >= 11 is 5.54. The summed E-state index contributed by atoms with van der Waals surface area (Å²) in [6, 6.07) is 2.82. The molecule has 18 heavy (non-hydrogen) atoms. The molecule has 0 radical (unpaired) electrons. The molecule has 96 valence electrons. The van der Waals surface area contributed by atoms with Crippen molar-refractivity contribution in [2.24, 2.45) is 0 Å². The first-order chi connectivity index (χ1) is 8.54. The maximum absolute atomic E-state index is 12.9. The van der Waals surface area contributed by atoms with Crippen LogP contribution in [0.2, 0.25) is 0 Å². The Balaban J connectivity index is 3.45. The van der Waals surface area contributed by atoms with E-state index in [-0.39, 0.29) is 23.7 Å². The highest BCUT2D eigenvalue weighted by Gasteiger charge is 2.25. The number of esters is 1. The van der Waals surface area contributed by atoms with Crippen LogP contribution < -0.4 is 0 Å². The van der Waals surface area contributed by atoms with Crippen molar-refractivity contribution in [2.45, 2.75) is 19.2 Å². The number of nitriles is 1. The van der Waals surface area contributed by atoms with E-state index >= 15 is 0 Å². The normalized spacial score (nSPS) is 10.2. The fourth-order valence-corrected chi connectivity index (χ4v) is 1.60. The van der Waals surface area contributed by atoms with E-state index in [1.54, 1.807) is 6.07 Å². The highest BCUT2D eigenvalue weighted by molar-refractivity contribution is 6.17. The molecule has 0 bridgehead atoms. The molecule has 0 aromatic carbocycles. The van der Waals surface area contributed by atoms with E-state index in [9.17, 15) is 13.6 Å². The maximum Gasteiger partial charge on any atom is 0.357 e. The van der Waals surface area contributed by atoms with Crippen molar-refractivity contribution < 1.29 is 18.3 Å². The van der Waals surface area contributed by atoms with Crippen LogP contribution >= 0.6 is 11.6 Å². The number of nitrogens with zero attached hydrogens (tertiary/aromatic N) is 2. The summed E-state index contributed by atoms with van der Waals surface area (Å²) in [6.45, 7) is 1.56. The number of aromatic nitrogens is 1. The van der Waals surface area contributed by atoms with Gasteiger partial charge in [0.05, 0.1) is 12.2 Å². The van der Waals surface area contributed by atoms with E-state index < -0.39 is 23.7 Å². The molecular weight excluding hydrogens is 266 g/mol. The Bertz CT molecular complexity index is 501. The van der Waals surface area contributed by atoms with Gasteiger partial charge in [0.25, 0.3) is 6.43 Å². The van der Waals surface area contributed by atoms with Crippen LogP contribution in [0.25, 0.3) is 0 Å². The third kappa shape index (κ3) is 2.93. The maximum atomic E-state index is 12.9. The van der Waals surface area contributed by atoms with Crippen LogP contribution in [-0.4, -0.2) is 17.6 Å². The molecule has 1 aromatic rings. The minimum atomic E-state index is -2.92. The second-order valence-electron chi connectivity index (χ2n) is 3.20. The van der Waals surface area contributed by atoms with Gasteiger partial charge in [-0.3, -0.25) is 0 Å². The van der Waals surface area contributed by atoms with E-state index in [4.69, 9.17) is 16.9 Å². The SMILES string of the molecule is CCOC(=O)c1nc(C#N)cc(CCl)c1C(F)F. The van der Waals surface area contributed by atoms with Gasteiger partial charge < -0.3 is 4.74 Å². The van der Waals surface area contributed by atoms with Crippen LogP contribution in [-0.2, 0) is 10.6 Å². The van der Waals surface area contributed by atoms with Gasteiger partial charge in [-0.2, -0.15) is 5.26 Å². The first-order valence-electron chi connectivity index (χ1n) is 5.00. The summed E-state index contributed by atoms with van der Waals surface area (Å²) in [5, 5.41) is 8.73. The van der Waals surface area contributed by atoms with Crippen LogP contribution in [0.3, 0.4) is 0 Å². The summed E-state index contributed by atoms with van der Waals surface area (Å²) in [6.07, 6.45) is -2.92. The number of halogens is 3. The van der Waals surface area contributed by atoms with E-state index in [2.05, 4.69) is 9.72 Å². The minimum absolute atomic E-state index is 0.00118. The molecule has 4 nitrogen and oxygen atoms in total. The molecule has 7 heteroatoms. The number of carbonyl (C=O) groups excluding carboxylic acids is 1. The molecule has 0 atom stereocenters. The Morgan fingerprint density at radius 1 is 1.67 bits per heavy atom. The zero-order valence-corrected chi connectivity index (χ0v) is 10.2. The van der Waals surface area contributed by atoms with E-state index in [1.165, 1.54) is 6.92 Å². The molecule has 0 N–H and O–H groups in total. The third-order valence-electron chi connectivity index (χ3n) is 2.09. The fraction of sp³-hybridized carbons (Fsp3) is 0.364. The zero-order chi connectivity index (χ0) is 13.7. The molecule has 1 aromatic heterocycles. The third-order valence-corrected chi connectivity index (χ3v) is 2.38. The summed E-state index contributed by atoms with van der Waals surface area (Å²) in [7, 11) is 0. The summed E-state index contributed by atoms with van der Waals surface area (Å²) < 4.78 is 30.5.